The summed E-state index contributed by atoms with van der Waals surface area (Å²) >= 11 is 0. The van der Waals surface area contributed by atoms with E-state index in [1.165, 1.54) is 0 Å². The van der Waals surface area contributed by atoms with Gasteiger partial charge in [0.2, 0.25) is 5.91 Å². The Morgan fingerprint density at radius 2 is 1.85 bits per heavy atom. The van der Waals surface area contributed by atoms with E-state index in [4.69, 9.17) is 10.5 Å². The number of rotatable bonds is 7. The predicted molar refractivity (Wildman–Crippen MR) is 72.5 cm³/mol. The number of nitrogens with zero attached hydrogens (tertiary/aromatic N) is 1. The zero-order valence-electron chi connectivity index (χ0n) is 12.0. The number of nitrogens with one attached hydrogen (secondary N) is 1. The Kier molecular flexibility index (Phi) is 5.84. The van der Waals surface area contributed by atoms with Crippen molar-refractivity contribution < 1.29 is 19.1 Å². The molecule has 0 aromatic heterocycles. The van der Waals surface area contributed by atoms with Crippen LogP contribution in [0, 0.1) is 0 Å². The summed E-state index contributed by atoms with van der Waals surface area (Å²) < 4.78 is 5.48. The molecule has 0 aliphatic carbocycles. The fourth-order valence-corrected chi connectivity index (χ4v) is 1.92. The van der Waals surface area contributed by atoms with Gasteiger partial charge < -0.3 is 15.8 Å². The molecule has 1 heterocycles. The van der Waals surface area contributed by atoms with Crippen LogP contribution in [0.5, 0.6) is 0 Å². The monoisotopic (exact) mass is 283 g/mol. The van der Waals surface area contributed by atoms with E-state index in [-0.39, 0.29) is 25.3 Å². The first-order chi connectivity index (χ1) is 9.36. The lowest BCUT2D eigenvalue weighted by molar-refractivity contribution is -0.145. The fourth-order valence-electron chi connectivity index (χ4n) is 1.92. The van der Waals surface area contributed by atoms with Crippen molar-refractivity contribution in [3.8, 4) is 0 Å². The Hall–Kier alpha value is -1.73. The number of hydrogen-bond donors (Lipinski definition) is 2. The average molecular weight is 283 g/mol. The van der Waals surface area contributed by atoms with Crippen molar-refractivity contribution in [2.45, 2.75) is 39.0 Å². The first-order valence-electron chi connectivity index (χ1n) is 6.55. The highest BCUT2D eigenvalue weighted by Gasteiger charge is 2.34. The molecule has 0 radical (unpaired) electrons. The summed E-state index contributed by atoms with van der Waals surface area (Å²) in [7, 11) is 0. The molecule has 0 saturated carbocycles. The van der Waals surface area contributed by atoms with Crippen molar-refractivity contribution in [2.24, 2.45) is 5.73 Å². The molecule has 1 aliphatic rings. The molecule has 0 spiro atoms. The van der Waals surface area contributed by atoms with Crippen LogP contribution in [0.25, 0.3) is 0 Å². The predicted octanol–water partition coefficient (Wildman–Crippen LogP) is -0.832. The number of hydrogen-bond acceptors (Lipinski definition) is 5. The van der Waals surface area contributed by atoms with Gasteiger partial charge in [-0.15, -0.1) is 0 Å². The van der Waals surface area contributed by atoms with Crippen molar-refractivity contribution in [3.63, 3.8) is 0 Å². The molecule has 0 unspecified atom stereocenters. The normalized spacial score (nSPS) is 17.8. The van der Waals surface area contributed by atoms with Crippen molar-refractivity contribution in [1.29, 1.82) is 0 Å². The van der Waals surface area contributed by atoms with E-state index in [1.54, 1.807) is 0 Å². The van der Waals surface area contributed by atoms with E-state index in [0.29, 0.717) is 0 Å². The maximum atomic E-state index is 12.0. The highest BCUT2D eigenvalue weighted by molar-refractivity contribution is 6.15. The lowest BCUT2D eigenvalue weighted by Gasteiger charge is -2.25. The minimum absolute atomic E-state index is 0.0538. The van der Waals surface area contributed by atoms with Gasteiger partial charge in [-0.1, -0.05) is 0 Å². The smallest absolute Gasteiger partial charge is 0.254 e. The molecule has 0 saturated heterocycles. The van der Waals surface area contributed by atoms with Gasteiger partial charge in [0.1, 0.15) is 6.04 Å². The van der Waals surface area contributed by atoms with Crippen LogP contribution in [0.15, 0.2) is 12.2 Å². The molecule has 112 valence electrons. The molecule has 0 bridgehead atoms. The molecule has 0 aromatic rings. The van der Waals surface area contributed by atoms with E-state index < -0.39 is 23.8 Å². The highest BCUT2D eigenvalue weighted by atomic mass is 16.5. The van der Waals surface area contributed by atoms with Gasteiger partial charge in [0.15, 0.2) is 0 Å². The Morgan fingerprint density at radius 3 is 2.30 bits per heavy atom. The molecule has 2 atom stereocenters. The van der Waals surface area contributed by atoms with E-state index in [1.807, 2.05) is 20.8 Å². The molecule has 0 aromatic carbocycles. The van der Waals surface area contributed by atoms with Gasteiger partial charge in [-0.05, 0) is 20.8 Å². The van der Waals surface area contributed by atoms with Crippen molar-refractivity contribution >= 4 is 17.7 Å². The van der Waals surface area contributed by atoms with Gasteiger partial charge >= 0.3 is 0 Å². The van der Waals surface area contributed by atoms with Gasteiger partial charge in [-0.25, -0.2) is 0 Å². The minimum Gasteiger partial charge on any atom is -0.374 e. The molecule has 3 amide bonds. The molecule has 20 heavy (non-hydrogen) atoms. The van der Waals surface area contributed by atoms with Crippen LogP contribution in [-0.4, -0.2) is 54.0 Å². The van der Waals surface area contributed by atoms with E-state index >= 15 is 0 Å². The number of imide groups is 1. The Morgan fingerprint density at radius 1 is 1.30 bits per heavy atom. The van der Waals surface area contributed by atoms with Gasteiger partial charge in [-0.2, -0.15) is 0 Å². The topological polar surface area (TPSA) is 102 Å². The number of amides is 3. The average Bonchev–Trinajstić information content (AvgIpc) is 2.68. The SMILES string of the molecule is CC(C)O[C@@H](C)CNC(=O)[C@H](CN)N1C(=O)C=CC1=O. The zero-order valence-corrected chi connectivity index (χ0v) is 12.0. The molecular weight excluding hydrogens is 262 g/mol. The molecule has 7 heteroatoms. The number of carbonyl (C=O) groups excluding carboxylic acids is 3. The van der Waals surface area contributed by atoms with Crippen LogP contribution in [0.2, 0.25) is 0 Å². The Labute approximate surface area is 118 Å². The molecule has 0 fully saturated rings. The van der Waals surface area contributed by atoms with Crippen LogP contribution in [-0.2, 0) is 19.1 Å². The summed E-state index contributed by atoms with van der Waals surface area (Å²) in [5, 5.41) is 2.64. The Balaban J connectivity index is 2.56. The number of ether oxygens (including phenoxy) is 1. The summed E-state index contributed by atoms with van der Waals surface area (Å²) in [6, 6.07) is -0.990. The largest absolute Gasteiger partial charge is 0.374 e. The van der Waals surface area contributed by atoms with Gasteiger partial charge in [0.25, 0.3) is 11.8 Å². The van der Waals surface area contributed by atoms with E-state index in [0.717, 1.165) is 17.1 Å². The third-order valence-electron chi connectivity index (χ3n) is 2.75. The lowest BCUT2D eigenvalue weighted by Crippen LogP contribution is -2.54. The van der Waals surface area contributed by atoms with Crippen LogP contribution in [0.1, 0.15) is 20.8 Å². The fraction of sp³-hybridized carbons (Fsp3) is 0.615. The first kappa shape index (κ1) is 16.3. The van der Waals surface area contributed by atoms with E-state index in [2.05, 4.69) is 5.32 Å². The zero-order chi connectivity index (χ0) is 15.3. The van der Waals surface area contributed by atoms with Gasteiger partial charge in [0, 0.05) is 25.2 Å². The summed E-state index contributed by atoms with van der Waals surface area (Å²) in [6.45, 7) is 5.79. The molecule has 1 aliphatic heterocycles. The summed E-state index contributed by atoms with van der Waals surface area (Å²) in [5.74, 6) is -1.50. The maximum Gasteiger partial charge on any atom is 0.254 e. The second kappa shape index (κ2) is 7.16. The van der Waals surface area contributed by atoms with Crippen LogP contribution in [0.4, 0.5) is 0 Å². The van der Waals surface area contributed by atoms with Crippen molar-refractivity contribution in [2.75, 3.05) is 13.1 Å². The minimum atomic E-state index is -0.990. The van der Waals surface area contributed by atoms with Gasteiger partial charge in [-0.3, -0.25) is 19.3 Å². The van der Waals surface area contributed by atoms with Crippen molar-refractivity contribution in [3.05, 3.63) is 12.2 Å². The maximum absolute atomic E-state index is 12.0. The standard InChI is InChI=1S/C13H21N3O4/c1-8(2)20-9(3)7-15-13(19)10(6-14)16-11(17)4-5-12(16)18/h4-5,8-10H,6-7,14H2,1-3H3,(H,15,19)/t9-,10-/m0/s1. The molecule has 7 nitrogen and oxygen atoms in total. The lowest BCUT2D eigenvalue weighted by atomic mass is 10.2. The van der Waals surface area contributed by atoms with Gasteiger partial charge in [0.05, 0.1) is 12.2 Å². The molecular formula is C13H21N3O4. The van der Waals surface area contributed by atoms with Crippen LogP contribution in [0.3, 0.4) is 0 Å². The summed E-state index contributed by atoms with van der Waals surface area (Å²) in [4.78, 5) is 35.9. The molecule has 3 N–H and O–H groups in total. The van der Waals surface area contributed by atoms with E-state index in [9.17, 15) is 14.4 Å². The van der Waals surface area contributed by atoms with Crippen molar-refractivity contribution in [1.82, 2.24) is 10.2 Å². The third-order valence-corrected chi connectivity index (χ3v) is 2.75. The quantitative estimate of drug-likeness (QED) is 0.594. The van der Waals surface area contributed by atoms with Crippen LogP contribution >= 0.6 is 0 Å². The second-order valence-electron chi connectivity index (χ2n) is 4.87. The Bertz CT molecular complexity index is 402. The molecule has 1 rings (SSSR count). The second-order valence-corrected chi connectivity index (χ2v) is 4.87. The number of carbonyl (C=O) groups is 3. The number of nitrogens with two attached hydrogens (primary N) is 1. The summed E-state index contributed by atoms with van der Waals surface area (Å²) in [6.07, 6.45) is 2.14. The third kappa shape index (κ3) is 4.14. The van der Waals surface area contributed by atoms with Crippen LogP contribution < -0.4 is 11.1 Å². The first-order valence-corrected chi connectivity index (χ1v) is 6.55. The highest BCUT2D eigenvalue weighted by Crippen LogP contribution is 2.09. The summed E-state index contributed by atoms with van der Waals surface area (Å²) in [5.41, 5.74) is 5.50.